The van der Waals surface area contributed by atoms with Crippen LogP contribution in [0.25, 0.3) is 10.8 Å². The average Bonchev–Trinajstić information content (AvgIpc) is 3.13. The van der Waals surface area contributed by atoms with E-state index in [-0.39, 0.29) is 6.17 Å². The van der Waals surface area contributed by atoms with Crippen LogP contribution in [-0.4, -0.2) is 6.17 Å². The lowest BCUT2D eigenvalue weighted by Gasteiger charge is -2.06. The number of hydrogen-bond donors (Lipinski definition) is 0. The maximum Gasteiger partial charge on any atom is 0.145 e. The van der Waals surface area contributed by atoms with Crippen LogP contribution in [0.4, 0.5) is 0 Å². The molecule has 27 heavy (non-hydrogen) atoms. The second-order valence-electron chi connectivity index (χ2n) is 7.08. The summed E-state index contributed by atoms with van der Waals surface area (Å²) in [6, 6.07) is 32.1. The first kappa shape index (κ1) is 16.0. The molecule has 0 spiro atoms. The molecule has 5 rings (SSSR count). The molecule has 0 aromatic heterocycles. The number of nitrogens with zero attached hydrogens (tertiary/aromatic N) is 2. The molecule has 0 fully saturated rings. The molecule has 2 nitrogen and oxygen atoms in total. The molecule has 1 atom stereocenters. The van der Waals surface area contributed by atoms with Crippen molar-refractivity contribution in [3.8, 4) is 0 Å². The fourth-order valence-corrected chi connectivity index (χ4v) is 3.75. The fourth-order valence-electron chi connectivity index (χ4n) is 3.75. The zero-order valence-electron chi connectivity index (χ0n) is 15.0. The number of rotatable bonds is 4. The Kier molecular flexibility index (Phi) is 4.02. The van der Waals surface area contributed by atoms with Crippen molar-refractivity contribution in [2.75, 3.05) is 0 Å². The van der Waals surface area contributed by atoms with E-state index in [1.54, 1.807) is 0 Å². The van der Waals surface area contributed by atoms with Gasteiger partial charge < -0.3 is 0 Å². The smallest absolute Gasteiger partial charge is 0.145 e. The van der Waals surface area contributed by atoms with Crippen molar-refractivity contribution in [3.05, 3.63) is 118 Å². The molecule has 0 saturated carbocycles. The highest BCUT2D eigenvalue weighted by atomic mass is 15.0. The molecule has 1 aliphatic rings. The van der Waals surface area contributed by atoms with Gasteiger partial charge in [0.2, 0.25) is 0 Å². The summed E-state index contributed by atoms with van der Waals surface area (Å²) in [6.07, 6.45) is 1.79. The molecule has 0 N–H and O–H groups in total. The van der Waals surface area contributed by atoms with Gasteiger partial charge in [-0.15, -0.1) is 0 Å². The van der Waals surface area contributed by atoms with Gasteiger partial charge in [0.05, 0.1) is 10.7 Å². The summed E-state index contributed by atoms with van der Waals surface area (Å²) < 4.78 is 0. The summed E-state index contributed by atoms with van der Waals surface area (Å²) >= 11 is 0. The Bertz CT molecular complexity index is 1210. The van der Waals surface area contributed by atoms with Gasteiger partial charge in [-0.25, -0.2) is 0 Å². The van der Waals surface area contributed by atoms with Crippen LogP contribution in [0, 0.1) is 0 Å². The molecule has 2 heteroatoms. The topological polar surface area (TPSA) is 24.7 Å². The quantitative estimate of drug-likeness (QED) is 0.527. The fraction of sp³-hybridized carbons (Fsp3) is 0.120. The first-order valence-electron chi connectivity index (χ1n) is 9.40. The highest BCUT2D eigenvalue weighted by Crippen LogP contribution is 2.14. The van der Waals surface area contributed by atoms with E-state index in [1.165, 1.54) is 27.5 Å². The molecule has 0 amide bonds. The predicted octanol–water partition coefficient (Wildman–Crippen LogP) is 4.25. The maximum absolute atomic E-state index is 4.90. The Balaban J connectivity index is 1.36. The zero-order valence-corrected chi connectivity index (χ0v) is 15.0. The molecular weight excluding hydrogens is 328 g/mol. The lowest BCUT2D eigenvalue weighted by Crippen LogP contribution is -2.21. The van der Waals surface area contributed by atoms with Crippen LogP contribution in [0.5, 0.6) is 0 Å². The molecule has 4 aromatic carbocycles. The van der Waals surface area contributed by atoms with E-state index in [0.29, 0.717) is 0 Å². The monoisotopic (exact) mass is 348 g/mol. The Morgan fingerprint density at radius 3 is 2.15 bits per heavy atom. The number of hydrogen-bond acceptors (Lipinski definition) is 2. The van der Waals surface area contributed by atoms with Crippen LogP contribution in [0.2, 0.25) is 0 Å². The van der Waals surface area contributed by atoms with Crippen molar-refractivity contribution < 1.29 is 0 Å². The van der Waals surface area contributed by atoms with Gasteiger partial charge in [-0.3, -0.25) is 9.98 Å². The summed E-state index contributed by atoms with van der Waals surface area (Å²) in [5.74, 6) is 0. The lowest BCUT2D eigenvalue weighted by molar-refractivity contribution is 0.703. The van der Waals surface area contributed by atoms with Gasteiger partial charge in [0.25, 0.3) is 0 Å². The Hall–Kier alpha value is -3.26. The summed E-state index contributed by atoms with van der Waals surface area (Å²) in [5, 5.41) is 4.47. The van der Waals surface area contributed by atoms with Crippen molar-refractivity contribution in [1.29, 1.82) is 0 Å². The molecule has 1 heterocycles. The number of benzene rings is 4. The summed E-state index contributed by atoms with van der Waals surface area (Å²) in [6.45, 7) is 0. The third-order valence-corrected chi connectivity index (χ3v) is 5.14. The third kappa shape index (κ3) is 3.26. The molecule has 0 radical (unpaired) electrons. The first-order chi connectivity index (χ1) is 13.3. The van der Waals surface area contributed by atoms with Gasteiger partial charge in [-0.05, 0) is 34.6 Å². The molecule has 0 bridgehead atoms. The van der Waals surface area contributed by atoms with Crippen LogP contribution in [-0.2, 0) is 12.8 Å². The molecule has 0 unspecified atom stereocenters. The molecule has 4 aromatic rings. The van der Waals surface area contributed by atoms with Crippen LogP contribution in [0.15, 0.2) is 101 Å². The second-order valence-corrected chi connectivity index (χ2v) is 7.08. The maximum atomic E-state index is 4.90. The zero-order chi connectivity index (χ0) is 18.1. The van der Waals surface area contributed by atoms with Gasteiger partial charge in [0.1, 0.15) is 6.17 Å². The van der Waals surface area contributed by atoms with Gasteiger partial charge >= 0.3 is 0 Å². The predicted molar refractivity (Wildman–Crippen MR) is 109 cm³/mol. The van der Waals surface area contributed by atoms with Crippen LogP contribution >= 0.6 is 0 Å². The van der Waals surface area contributed by atoms with Gasteiger partial charge in [0.15, 0.2) is 0 Å². The minimum Gasteiger partial charge on any atom is -0.256 e. The van der Waals surface area contributed by atoms with Crippen molar-refractivity contribution in [2.24, 2.45) is 9.98 Å². The standard InChI is InChI=1S/C25H20N2/c1-2-6-18(7-3-1)16-19-10-12-20(13-11-19)17-24-26-23-15-14-21-8-4-5-9-22(21)25(23)27-24/h1-15,24H,16-17H2/t24-/m1/s1. The average molecular weight is 348 g/mol. The normalized spacial score (nSPS) is 15.2. The molecule has 0 aliphatic carbocycles. The van der Waals surface area contributed by atoms with E-state index in [9.17, 15) is 0 Å². The van der Waals surface area contributed by atoms with Crippen LogP contribution in [0.3, 0.4) is 0 Å². The van der Waals surface area contributed by atoms with Crippen molar-refractivity contribution >= 4 is 10.8 Å². The van der Waals surface area contributed by atoms with Gasteiger partial charge in [-0.1, -0.05) is 84.9 Å². The van der Waals surface area contributed by atoms with Crippen molar-refractivity contribution in [2.45, 2.75) is 19.0 Å². The minimum absolute atomic E-state index is 0.0224. The molecule has 130 valence electrons. The van der Waals surface area contributed by atoms with Crippen molar-refractivity contribution in [3.63, 3.8) is 0 Å². The van der Waals surface area contributed by atoms with E-state index < -0.39 is 0 Å². The van der Waals surface area contributed by atoms with Crippen molar-refractivity contribution in [1.82, 2.24) is 0 Å². The Labute approximate surface area is 158 Å². The van der Waals surface area contributed by atoms with E-state index in [0.717, 1.165) is 23.6 Å². The highest BCUT2D eigenvalue weighted by molar-refractivity contribution is 5.81. The third-order valence-electron chi connectivity index (χ3n) is 5.14. The van der Waals surface area contributed by atoms with E-state index in [2.05, 4.69) is 91.0 Å². The summed E-state index contributed by atoms with van der Waals surface area (Å²) in [5.41, 5.74) is 3.95. The van der Waals surface area contributed by atoms with Gasteiger partial charge in [-0.2, -0.15) is 0 Å². The highest BCUT2D eigenvalue weighted by Gasteiger charge is 2.12. The number of fused-ring (bicyclic) bond motifs is 3. The van der Waals surface area contributed by atoms with Gasteiger partial charge in [0, 0.05) is 11.8 Å². The van der Waals surface area contributed by atoms with E-state index >= 15 is 0 Å². The molecule has 0 saturated heterocycles. The minimum atomic E-state index is -0.0224. The lowest BCUT2D eigenvalue weighted by atomic mass is 10.0. The summed E-state index contributed by atoms with van der Waals surface area (Å²) in [7, 11) is 0. The second kappa shape index (κ2) is 6.81. The van der Waals surface area contributed by atoms with E-state index in [4.69, 9.17) is 9.98 Å². The Morgan fingerprint density at radius 2 is 1.30 bits per heavy atom. The first-order valence-corrected chi connectivity index (χ1v) is 9.40. The molecular formula is C25H20N2. The molecule has 1 aliphatic heterocycles. The van der Waals surface area contributed by atoms with Crippen LogP contribution < -0.4 is 10.7 Å². The largest absolute Gasteiger partial charge is 0.256 e. The summed E-state index contributed by atoms with van der Waals surface area (Å²) in [4.78, 5) is 9.72. The van der Waals surface area contributed by atoms with Crippen LogP contribution in [0.1, 0.15) is 16.7 Å². The van der Waals surface area contributed by atoms with E-state index in [1.807, 2.05) is 0 Å². The SMILES string of the molecule is c1ccc(Cc2ccc(C[C@@H]3N=c4ccc5ccccc5c4=N3)cc2)cc1. The Morgan fingerprint density at radius 1 is 0.593 bits per heavy atom.